The number of rotatable bonds is 3. The van der Waals surface area contributed by atoms with Crippen molar-refractivity contribution in [1.29, 1.82) is 0 Å². The third-order valence-electron chi connectivity index (χ3n) is 5.18. The van der Waals surface area contributed by atoms with Crippen molar-refractivity contribution in [3.8, 4) is 0 Å². The number of hydrogen-bond donors (Lipinski definition) is 0. The summed E-state index contributed by atoms with van der Waals surface area (Å²) in [5.41, 5.74) is 2.58. The summed E-state index contributed by atoms with van der Waals surface area (Å²) in [5, 5.41) is 0. The van der Waals surface area contributed by atoms with Crippen LogP contribution in [0.4, 0.5) is 8.78 Å². The van der Waals surface area contributed by atoms with Gasteiger partial charge in [0.05, 0.1) is 0 Å². The lowest BCUT2D eigenvalue weighted by Crippen LogP contribution is -2.50. The maximum absolute atomic E-state index is 13.2. The zero-order chi connectivity index (χ0) is 13.6. The van der Waals surface area contributed by atoms with Gasteiger partial charge in [0.25, 0.3) is 0 Å². The Balaban J connectivity index is 2.01. The molecule has 0 radical (unpaired) electrons. The van der Waals surface area contributed by atoms with Gasteiger partial charge in [-0.25, -0.2) is 8.78 Å². The van der Waals surface area contributed by atoms with Crippen LogP contribution in [0.5, 0.6) is 0 Å². The first-order chi connectivity index (χ1) is 8.23. The molecule has 2 aliphatic rings. The lowest BCUT2D eigenvalue weighted by molar-refractivity contribution is -0.0886. The zero-order valence-corrected chi connectivity index (χ0v) is 11.6. The second kappa shape index (κ2) is 4.18. The number of alkyl halides is 2. The summed E-state index contributed by atoms with van der Waals surface area (Å²) >= 11 is 0. The Labute approximate surface area is 109 Å². The van der Waals surface area contributed by atoms with E-state index in [1.807, 2.05) is 0 Å². The summed E-state index contributed by atoms with van der Waals surface area (Å²) in [6, 6.07) is 0. The van der Waals surface area contributed by atoms with Crippen molar-refractivity contribution in [3.05, 3.63) is 24.3 Å². The molecule has 0 aromatic heterocycles. The normalized spacial score (nSPS) is 33.2. The summed E-state index contributed by atoms with van der Waals surface area (Å²) in [6.07, 6.45) is 4.30. The molecule has 0 amide bonds. The van der Waals surface area contributed by atoms with Gasteiger partial charge >= 0.3 is 0 Å². The Hall–Kier alpha value is -0.660. The van der Waals surface area contributed by atoms with Crippen molar-refractivity contribution < 1.29 is 8.78 Å². The van der Waals surface area contributed by atoms with Crippen LogP contribution in [0, 0.1) is 10.8 Å². The molecule has 1 unspecified atom stereocenters. The van der Waals surface area contributed by atoms with Crippen LogP contribution in [0.1, 0.15) is 58.8 Å². The van der Waals surface area contributed by atoms with E-state index in [0.29, 0.717) is 12.8 Å². The van der Waals surface area contributed by atoms with E-state index in [1.165, 1.54) is 11.1 Å². The minimum Gasteiger partial charge on any atom is -0.207 e. The van der Waals surface area contributed by atoms with Crippen molar-refractivity contribution in [2.75, 3.05) is 0 Å². The SMILES string of the molecule is C=C(CC)CC1(C)CC2(CCC(F)(F)CC2)C1=C. The van der Waals surface area contributed by atoms with E-state index in [0.717, 1.165) is 19.3 Å². The fourth-order valence-electron chi connectivity index (χ4n) is 3.91. The van der Waals surface area contributed by atoms with E-state index in [1.54, 1.807) is 0 Å². The van der Waals surface area contributed by atoms with E-state index in [2.05, 4.69) is 27.0 Å². The van der Waals surface area contributed by atoms with Crippen molar-refractivity contribution in [3.63, 3.8) is 0 Å². The fraction of sp³-hybridized carbons (Fsp3) is 0.750. The number of allylic oxidation sites excluding steroid dienone is 2. The molecule has 2 fully saturated rings. The zero-order valence-electron chi connectivity index (χ0n) is 11.6. The predicted octanol–water partition coefficient (Wildman–Crippen LogP) is 5.50. The molecule has 1 spiro atoms. The topological polar surface area (TPSA) is 0 Å². The second-order valence-corrected chi connectivity index (χ2v) is 6.63. The Bertz CT molecular complexity index is 371. The molecule has 1 atom stereocenters. The second-order valence-electron chi connectivity index (χ2n) is 6.63. The average molecular weight is 254 g/mol. The Morgan fingerprint density at radius 3 is 2.22 bits per heavy atom. The van der Waals surface area contributed by atoms with Gasteiger partial charge in [-0.2, -0.15) is 0 Å². The first-order valence-electron chi connectivity index (χ1n) is 6.97. The van der Waals surface area contributed by atoms with E-state index in [9.17, 15) is 8.78 Å². The highest BCUT2D eigenvalue weighted by Gasteiger charge is 2.57. The Morgan fingerprint density at radius 1 is 1.22 bits per heavy atom. The van der Waals surface area contributed by atoms with E-state index < -0.39 is 5.92 Å². The fourth-order valence-corrected chi connectivity index (χ4v) is 3.91. The first-order valence-corrected chi connectivity index (χ1v) is 6.97. The lowest BCUT2D eigenvalue weighted by atomic mass is 9.45. The highest BCUT2D eigenvalue weighted by atomic mass is 19.3. The van der Waals surface area contributed by atoms with E-state index in [4.69, 9.17) is 0 Å². The Kier molecular flexibility index (Phi) is 3.19. The van der Waals surface area contributed by atoms with Crippen molar-refractivity contribution in [1.82, 2.24) is 0 Å². The molecule has 0 aromatic carbocycles. The largest absolute Gasteiger partial charge is 0.248 e. The van der Waals surface area contributed by atoms with Crippen LogP contribution in [0.15, 0.2) is 24.3 Å². The predicted molar refractivity (Wildman–Crippen MR) is 71.8 cm³/mol. The molecule has 2 aliphatic carbocycles. The highest BCUT2D eigenvalue weighted by Crippen LogP contribution is 2.67. The molecule has 0 N–H and O–H groups in total. The molecule has 18 heavy (non-hydrogen) atoms. The van der Waals surface area contributed by atoms with Gasteiger partial charge in [-0.1, -0.05) is 38.2 Å². The van der Waals surface area contributed by atoms with Crippen LogP contribution < -0.4 is 0 Å². The third kappa shape index (κ3) is 2.15. The average Bonchev–Trinajstić information content (AvgIpc) is 2.31. The molecule has 2 heteroatoms. The van der Waals surface area contributed by atoms with Gasteiger partial charge in [0, 0.05) is 12.8 Å². The van der Waals surface area contributed by atoms with E-state index >= 15 is 0 Å². The summed E-state index contributed by atoms with van der Waals surface area (Å²) < 4.78 is 26.5. The smallest absolute Gasteiger partial charge is 0.207 e. The van der Waals surface area contributed by atoms with Crippen molar-refractivity contribution in [2.45, 2.75) is 64.7 Å². The third-order valence-corrected chi connectivity index (χ3v) is 5.18. The summed E-state index contributed by atoms with van der Waals surface area (Å²) in [6.45, 7) is 12.6. The Morgan fingerprint density at radius 2 is 1.78 bits per heavy atom. The number of hydrogen-bond acceptors (Lipinski definition) is 0. The first kappa shape index (κ1) is 13.8. The molecule has 0 bridgehead atoms. The quantitative estimate of drug-likeness (QED) is 0.583. The summed E-state index contributed by atoms with van der Waals surface area (Å²) in [7, 11) is 0. The van der Waals surface area contributed by atoms with Crippen LogP contribution in [0.2, 0.25) is 0 Å². The molecule has 0 saturated heterocycles. The van der Waals surface area contributed by atoms with Gasteiger partial charge in [0.15, 0.2) is 0 Å². The maximum atomic E-state index is 13.2. The van der Waals surface area contributed by atoms with Gasteiger partial charge in [-0.15, -0.1) is 0 Å². The number of halogens is 2. The van der Waals surface area contributed by atoms with Crippen LogP contribution in [-0.4, -0.2) is 5.92 Å². The van der Waals surface area contributed by atoms with Crippen LogP contribution in [-0.2, 0) is 0 Å². The maximum Gasteiger partial charge on any atom is 0.248 e. The molecule has 0 aliphatic heterocycles. The minimum absolute atomic E-state index is 0.0183. The molecule has 102 valence electrons. The molecular weight excluding hydrogens is 230 g/mol. The monoisotopic (exact) mass is 254 g/mol. The lowest BCUT2D eigenvalue weighted by Gasteiger charge is -2.60. The molecule has 0 nitrogen and oxygen atoms in total. The van der Waals surface area contributed by atoms with Crippen LogP contribution in [0.25, 0.3) is 0 Å². The summed E-state index contributed by atoms with van der Waals surface area (Å²) in [5.74, 6) is -2.44. The van der Waals surface area contributed by atoms with Gasteiger partial charge in [0.2, 0.25) is 5.92 Å². The van der Waals surface area contributed by atoms with Crippen LogP contribution in [0.3, 0.4) is 0 Å². The van der Waals surface area contributed by atoms with E-state index in [-0.39, 0.29) is 23.7 Å². The van der Waals surface area contributed by atoms with Gasteiger partial charge in [-0.3, -0.25) is 0 Å². The highest BCUT2D eigenvalue weighted by molar-refractivity contribution is 5.33. The molecule has 0 heterocycles. The molecule has 0 aromatic rings. The van der Waals surface area contributed by atoms with Gasteiger partial charge in [0.1, 0.15) is 0 Å². The molecule has 2 rings (SSSR count). The van der Waals surface area contributed by atoms with Crippen molar-refractivity contribution in [2.24, 2.45) is 10.8 Å². The minimum atomic E-state index is -2.44. The molecular formula is C16H24F2. The van der Waals surface area contributed by atoms with Gasteiger partial charge in [-0.05, 0) is 42.9 Å². The van der Waals surface area contributed by atoms with Crippen LogP contribution >= 0.6 is 0 Å². The summed E-state index contributed by atoms with van der Waals surface area (Å²) in [4.78, 5) is 0. The molecule has 2 saturated carbocycles. The standard InChI is InChI=1S/C16H24F2/c1-5-12(2)10-14(4)11-15(13(14)3)6-8-16(17,18)9-7-15/h2-3,5-11H2,1,4H3. The van der Waals surface area contributed by atoms with Crippen molar-refractivity contribution >= 4 is 0 Å². The van der Waals surface area contributed by atoms with Gasteiger partial charge < -0.3 is 0 Å².